The number of hydrogen-bond acceptors (Lipinski definition) is 7. The lowest BCUT2D eigenvalue weighted by Gasteiger charge is -2.08. The van der Waals surface area contributed by atoms with Gasteiger partial charge in [-0.1, -0.05) is 0 Å². The average Bonchev–Trinajstić information content (AvgIpc) is 2.91. The highest BCUT2D eigenvalue weighted by Gasteiger charge is 2.18. The largest absolute Gasteiger partial charge is 0.553 e. The standard InChI is InChI=1S/C29H20O9S/c1-18(30)34-21-6-2-19(3-7-21)27(31)36-24-14-10-22(11-15-24)35-23-12-16-25(17-13-23)37-28(32)20-4-8-26(9-5-20)38-29(33)39/h2-17H,1H3,(H,33,39)/p+2. The van der Waals surface area contributed by atoms with E-state index in [1.54, 1.807) is 72.8 Å². The van der Waals surface area contributed by atoms with Gasteiger partial charge < -0.3 is 23.8 Å². The zero-order chi connectivity index (χ0) is 27.8. The predicted molar refractivity (Wildman–Crippen MR) is 145 cm³/mol. The number of thiol groups is 1. The highest BCUT2D eigenvalue weighted by atomic mass is 32.1. The summed E-state index contributed by atoms with van der Waals surface area (Å²) in [6.07, 6.45) is 0. The van der Waals surface area contributed by atoms with Gasteiger partial charge in [0.05, 0.1) is 5.56 Å². The molecule has 0 aliphatic heterocycles. The van der Waals surface area contributed by atoms with Gasteiger partial charge in [-0.2, -0.15) is 0 Å². The lowest BCUT2D eigenvalue weighted by Crippen LogP contribution is -2.10. The molecule has 0 unspecified atom stereocenters. The van der Waals surface area contributed by atoms with Crippen LogP contribution in [-0.4, -0.2) is 32.8 Å². The summed E-state index contributed by atoms with van der Waals surface area (Å²) in [4.78, 5) is 42.7. The Labute approximate surface area is 228 Å². The molecule has 0 aliphatic carbocycles. The molecular weight excluding hydrogens is 524 g/mol. The summed E-state index contributed by atoms with van der Waals surface area (Å²) < 4.78 is 26.5. The van der Waals surface area contributed by atoms with E-state index in [1.165, 1.54) is 31.2 Å². The zero-order valence-corrected chi connectivity index (χ0v) is 21.3. The molecule has 4 aromatic carbocycles. The zero-order valence-electron chi connectivity index (χ0n) is 20.4. The molecular formula is C29H22O9S+2. The minimum atomic E-state index is -0.565. The van der Waals surface area contributed by atoms with Crippen molar-refractivity contribution in [3.05, 3.63) is 108 Å². The highest BCUT2D eigenvalue weighted by molar-refractivity contribution is 7.96. The third-order valence-electron chi connectivity index (χ3n) is 4.97. The van der Waals surface area contributed by atoms with E-state index in [4.69, 9.17) is 28.5 Å². The fourth-order valence-electron chi connectivity index (χ4n) is 3.22. The molecule has 0 heterocycles. The van der Waals surface area contributed by atoms with Crippen molar-refractivity contribution in [3.63, 3.8) is 0 Å². The second-order valence-corrected chi connectivity index (χ2v) is 8.25. The lowest BCUT2D eigenvalue weighted by molar-refractivity contribution is -0.131. The predicted octanol–water partition coefficient (Wildman–Crippen LogP) is 5.32. The third kappa shape index (κ3) is 7.94. The van der Waals surface area contributed by atoms with Crippen molar-refractivity contribution in [2.75, 3.05) is 0 Å². The molecule has 9 nitrogen and oxygen atoms in total. The topological polar surface area (TPSA) is 123 Å². The van der Waals surface area contributed by atoms with Crippen LogP contribution in [0.4, 0.5) is 0 Å². The molecule has 4 rings (SSSR count). The van der Waals surface area contributed by atoms with Gasteiger partial charge in [-0.25, -0.2) is 4.79 Å². The van der Waals surface area contributed by atoms with E-state index in [-0.39, 0.29) is 5.97 Å². The van der Waals surface area contributed by atoms with Gasteiger partial charge >= 0.3 is 23.2 Å². The van der Waals surface area contributed by atoms with Crippen LogP contribution in [0.15, 0.2) is 97.1 Å². The molecule has 0 atom stereocenters. The Hall–Kier alpha value is -5.09. The lowest BCUT2D eigenvalue weighted by atomic mass is 10.2. The molecule has 0 radical (unpaired) electrons. The fraction of sp³-hybridized carbons (Fsp3) is 0.0345. The Kier molecular flexibility index (Phi) is 8.60. The van der Waals surface area contributed by atoms with Gasteiger partial charge in [0.2, 0.25) is 11.5 Å². The number of rotatable bonds is 8. The third-order valence-corrected chi connectivity index (χ3v) is 5.06. The molecule has 0 saturated carbocycles. The van der Waals surface area contributed by atoms with Gasteiger partial charge in [0, 0.05) is 43.8 Å². The van der Waals surface area contributed by atoms with Crippen LogP contribution in [0, 0.1) is 0 Å². The number of esters is 3. The van der Waals surface area contributed by atoms with Gasteiger partial charge in [-0.05, 0) is 72.8 Å². The van der Waals surface area contributed by atoms with Gasteiger partial charge in [-0.15, -0.1) is 0 Å². The summed E-state index contributed by atoms with van der Waals surface area (Å²) in [6, 6.07) is 25.3. The van der Waals surface area contributed by atoms with Crippen LogP contribution >= 0.6 is 12.6 Å². The highest BCUT2D eigenvalue weighted by Crippen LogP contribution is 2.26. The van der Waals surface area contributed by atoms with Crippen LogP contribution in [0.3, 0.4) is 0 Å². The van der Waals surface area contributed by atoms with Crippen molar-refractivity contribution in [2.24, 2.45) is 0 Å². The van der Waals surface area contributed by atoms with Crippen molar-refractivity contribution in [3.8, 4) is 34.5 Å². The Morgan fingerprint density at radius 2 is 0.923 bits per heavy atom. The first-order valence-corrected chi connectivity index (χ1v) is 11.9. The maximum atomic E-state index is 12.4. The van der Waals surface area contributed by atoms with E-state index < -0.39 is 17.2 Å². The van der Waals surface area contributed by atoms with E-state index >= 15 is 0 Å². The van der Waals surface area contributed by atoms with Crippen molar-refractivity contribution in [2.45, 2.75) is 6.92 Å². The molecule has 4 aromatic rings. The second-order valence-electron chi connectivity index (χ2n) is 7.87. The molecule has 0 saturated heterocycles. The minimum absolute atomic E-state index is 0.297. The van der Waals surface area contributed by atoms with Crippen molar-refractivity contribution in [1.82, 2.24) is 0 Å². The van der Waals surface area contributed by atoms with Gasteiger partial charge in [0.1, 0.15) is 28.6 Å². The summed E-state index contributed by atoms with van der Waals surface area (Å²) >= 11 is 3.64. The molecule has 39 heavy (non-hydrogen) atoms. The van der Waals surface area contributed by atoms with Crippen LogP contribution in [-0.2, 0) is 4.79 Å². The summed E-state index contributed by atoms with van der Waals surface area (Å²) in [6.45, 7) is 1.30. The molecule has 0 bridgehead atoms. The van der Waals surface area contributed by atoms with E-state index in [0.29, 0.717) is 45.6 Å². The molecule has 196 valence electrons. The van der Waals surface area contributed by atoms with Crippen LogP contribution in [0.25, 0.3) is 0 Å². The van der Waals surface area contributed by atoms with Crippen molar-refractivity contribution < 1.29 is 42.9 Å². The smallest absolute Gasteiger partial charge is 0.457 e. The maximum Gasteiger partial charge on any atom is 0.553 e. The first-order chi connectivity index (χ1) is 18.7. The van der Waals surface area contributed by atoms with Gasteiger partial charge in [0.15, 0.2) is 0 Å². The second kappa shape index (κ2) is 12.4. The molecule has 0 amide bonds. The van der Waals surface area contributed by atoms with Crippen molar-refractivity contribution in [1.29, 1.82) is 0 Å². The average molecular weight is 547 g/mol. The Morgan fingerprint density at radius 3 is 1.41 bits per heavy atom. The number of hydrogen-bond donors (Lipinski definition) is 1. The summed E-state index contributed by atoms with van der Waals surface area (Å²) in [5, 5.41) is -0.504. The SMILES string of the molecule is CC(=O)Oc1ccc(C(=[OH+])Oc2ccc(Oc3ccc(OC(=O)c4ccc(OC(=[OH+])S)cc4)cc3)cc2)cc1. The first-order valence-electron chi connectivity index (χ1n) is 11.4. The fourth-order valence-corrected chi connectivity index (χ4v) is 3.33. The first kappa shape index (κ1) is 27.0. The number of benzene rings is 4. The summed E-state index contributed by atoms with van der Waals surface area (Å²) in [7, 11) is 0. The van der Waals surface area contributed by atoms with E-state index in [9.17, 15) is 14.4 Å². The normalized spacial score (nSPS) is 10.2. The Balaban J connectivity index is 1.29. The number of ether oxygens (including phenoxy) is 5. The number of carbonyl (C=O) groups excluding carboxylic acids is 4. The molecule has 0 aromatic heterocycles. The quantitative estimate of drug-likeness (QED) is 0.137. The molecule has 2 N–H and O–H groups in total. The van der Waals surface area contributed by atoms with Crippen LogP contribution in [0.2, 0.25) is 0 Å². The maximum absolute atomic E-state index is 12.4. The van der Waals surface area contributed by atoms with E-state index in [2.05, 4.69) is 12.6 Å². The molecule has 0 fully saturated rings. The summed E-state index contributed by atoms with van der Waals surface area (Å²) in [5.41, 5.74) is 0.705. The van der Waals surface area contributed by atoms with Crippen molar-refractivity contribution >= 4 is 35.8 Å². The molecule has 0 aliphatic rings. The molecule has 0 spiro atoms. The minimum Gasteiger partial charge on any atom is -0.457 e. The monoisotopic (exact) mass is 546 g/mol. The van der Waals surface area contributed by atoms with Gasteiger partial charge in [0.25, 0.3) is 0 Å². The van der Waals surface area contributed by atoms with E-state index in [1.807, 2.05) is 0 Å². The van der Waals surface area contributed by atoms with Crippen LogP contribution in [0.1, 0.15) is 22.8 Å². The Morgan fingerprint density at radius 1 is 0.538 bits per heavy atom. The van der Waals surface area contributed by atoms with Crippen LogP contribution < -0.4 is 23.7 Å². The Bertz CT molecular complexity index is 1360. The van der Waals surface area contributed by atoms with E-state index in [0.717, 1.165) is 0 Å². The summed E-state index contributed by atoms with van der Waals surface area (Å²) in [5.74, 6) is 1.10. The van der Waals surface area contributed by atoms with Crippen LogP contribution in [0.5, 0.6) is 34.5 Å². The number of carbonyl (C=O) groups is 2. The molecule has 10 heteroatoms. The van der Waals surface area contributed by atoms with Gasteiger partial charge in [-0.3, -0.25) is 14.3 Å².